The van der Waals surface area contributed by atoms with Crippen LogP contribution in [0.5, 0.6) is 5.88 Å². The van der Waals surface area contributed by atoms with E-state index in [1.807, 2.05) is 18.3 Å². The van der Waals surface area contributed by atoms with Crippen molar-refractivity contribution in [1.82, 2.24) is 4.98 Å². The van der Waals surface area contributed by atoms with Gasteiger partial charge in [0.05, 0.1) is 7.11 Å². The van der Waals surface area contributed by atoms with Gasteiger partial charge in [-0.25, -0.2) is 4.98 Å². The fraction of sp³-hybridized carbons (Fsp3) is 0.267. The molecule has 0 aliphatic rings. The first kappa shape index (κ1) is 11.6. The average Bonchev–Trinajstić information content (AvgIpc) is 2.39. The van der Waals surface area contributed by atoms with Gasteiger partial charge in [-0.05, 0) is 23.1 Å². The van der Waals surface area contributed by atoms with E-state index in [0.717, 1.165) is 5.56 Å². The van der Waals surface area contributed by atoms with Crippen LogP contribution in [0.2, 0.25) is 0 Å². The molecule has 0 radical (unpaired) electrons. The number of aromatic nitrogens is 1. The molecular formula is C15H17NO. The molecule has 2 heteroatoms. The van der Waals surface area contributed by atoms with Gasteiger partial charge in [0, 0.05) is 17.8 Å². The Morgan fingerprint density at radius 1 is 1.06 bits per heavy atom. The predicted molar refractivity (Wildman–Crippen MR) is 70.3 cm³/mol. The summed E-state index contributed by atoms with van der Waals surface area (Å²) in [6.07, 6.45) is 1.86. The van der Waals surface area contributed by atoms with Gasteiger partial charge in [0.2, 0.25) is 5.88 Å². The molecule has 0 spiro atoms. The van der Waals surface area contributed by atoms with Gasteiger partial charge < -0.3 is 4.74 Å². The molecule has 0 aliphatic heterocycles. The molecular weight excluding hydrogens is 210 g/mol. The first-order chi connectivity index (χ1) is 8.22. The van der Waals surface area contributed by atoms with Crippen LogP contribution in [0.4, 0.5) is 0 Å². The number of methoxy groups -OCH3 is 1. The van der Waals surface area contributed by atoms with Gasteiger partial charge in [0.25, 0.3) is 0 Å². The van der Waals surface area contributed by atoms with Crippen molar-refractivity contribution in [3.05, 3.63) is 48.2 Å². The zero-order valence-corrected chi connectivity index (χ0v) is 10.5. The Kier molecular flexibility index (Phi) is 3.43. The monoisotopic (exact) mass is 227 g/mol. The van der Waals surface area contributed by atoms with E-state index >= 15 is 0 Å². The maximum absolute atomic E-state index is 5.07. The number of ether oxygens (including phenoxy) is 1. The summed E-state index contributed by atoms with van der Waals surface area (Å²) in [5, 5.41) is 0. The highest BCUT2D eigenvalue weighted by Crippen LogP contribution is 2.29. The number of hydrogen-bond acceptors (Lipinski definition) is 2. The van der Waals surface area contributed by atoms with Gasteiger partial charge in [-0.1, -0.05) is 38.1 Å². The number of pyridine rings is 1. The van der Waals surface area contributed by atoms with Crippen molar-refractivity contribution in [3.63, 3.8) is 0 Å². The van der Waals surface area contributed by atoms with Gasteiger partial charge in [-0.3, -0.25) is 0 Å². The fourth-order valence-corrected chi connectivity index (χ4v) is 1.92. The molecule has 1 aromatic heterocycles. The molecule has 0 saturated heterocycles. The summed E-state index contributed by atoms with van der Waals surface area (Å²) in [6, 6.07) is 12.4. The molecule has 0 atom stereocenters. The molecule has 2 nitrogen and oxygen atoms in total. The predicted octanol–water partition coefficient (Wildman–Crippen LogP) is 3.88. The van der Waals surface area contributed by atoms with Crippen LogP contribution < -0.4 is 4.74 Å². The largest absolute Gasteiger partial charge is 0.481 e. The van der Waals surface area contributed by atoms with E-state index in [2.05, 4.69) is 43.1 Å². The standard InChI is InChI=1S/C15H17NO/c1-11(2)13-6-4-5-7-14(13)12-8-9-15(17-3)16-10-12/h4-11H,1-3H3. The highest BCUT2D eigenvalue weighted by atomic mass is 16.5. The average molecular weight is 227 g/mol. The van der Waals surface area contributed by atoms with Gasteiger partial charge in [-0.15, -0.1) is 0 Å². The third-order valence-electron chi connectivity index (χ3n) is 2.84. The minimum Gasteiger partial charge on any atom is -0.481 e. The first-order valence-corrected chi connectivity index (χ1v) is 5.81. The number of rotatable bonds is 3. The third kappa shape index (κ3) is 2.47. The Morgan fingerprint density at radius 2 is 1.82 bits per heavy atom. The van der Waals surface area contributed by atoms with Crippen LogP contribution in [0.25, 0.3) is 11.1 Å². The van der Waals surface area contributed by atoms with E-state index in [1.165, 1.54) is 11.1 Å². The second-order valence-corrected chi connectivity index (χ2v) is 4.33. The zero-order valence-electron chi connectivity index (χ0n) is 10.5. The Bertz CT molecular complexity index is 489. The molecule has 1 heterocycles. The minimum absolute atomic E-state index is 0.508. The lowest BCUT2D eigenvalue weighted by molar-refractivity contribution is 0.398. The van der Waals surface area contributed by atoms with E-state index in [4.69, 9.17) is 4.74 Å². The Labute approximate surface area is 102 Å². The van der Waals surface area contributed by atoms with Crippen LogP contribution in [-0.4, -0.2) is 12.1 Å². The molecule has 2 rings (SSSR count). The van der Waals surface area contributed by atoms with Crippen molar-refractivity contribution in [1.29, 1.82) is 0 Å². The van der Waals surface area contributed by atoms with Crippen LogP contribution >= 0.6 is 0 Å². The molecule has 1 aromatic carbocycles. The molecule has 88 valence electrons. The van der Waals surface area contributed by atoms with Gasteiger partial charge in [0.15, 0.2) is 0 Å². The van der Waals surface area contributed by atoms with Gasteiger partial charge in [-0.2, -0.15) is 0 Å². The minimum atomic E-state index is 0.508. The van der Waals surface area contributed by atoms with Crippen LogP contribution in [0, 0.1) is 0 Å². The molecule has 0 aliphatic carbocycles. The van der Waals surface area contributed by atoms with Gasteiger partial charge >= 0.3 is 0 Å². The van der Waals surface area contributed by atoms with Crippen LogP contribution in [0.1, 0.15) is 25.3 Å². The summed E-state index contributed by atoms with van der Waals surface area (Å²) in [5.41, 5.74) is 3.73. The van der Waals surface area contributed by atoms with Crippen molar-refractivity contribution >= 4 is 0 Å². The number of hydrogen-bond donors (Lipinski definition) is 0. The Hall–Kier alpha value is -1.83. The van der Waals surface area contributed by atoms with E-state index in [1.54, 1.807) is 7.11 Å². The highest BCUT2D eigenvalue weighted by molar-refractivity contribution is 5.67. The molecule has 0 amide bonds. The SMILES string of the molecule is COc1ccc(-c2ccccc2C(C)C)cn1. The first-order valence-electron chi connectivity index (χ1n) is 5.81. The highest BCUT2D eigenvalue weighted by Gasteiger charge is 2.07. The van der Waals surface area contributed by atoms with E-state index in [9.17, 15) is 0 Å². The van der Waals surface area contributed by atoms with Gasteiger partial charge in [0.1, 0.15) is 0 Å². The summed E-state index contributed by atoms with van der Waals surface area (Å²) >= 11 is 0. The zero-order chi connectivity index (χ0) is 12.3. The topological polar surface area (TPSA) is 22.1 Å². The molecule has 0 fully saturated rings. The second kappa shape index (κ2) is 5.00. The number of nitrogens with zero attached hydrogens (tertiary/aromatic N) is 1. The normalized spacial score (nSPS) is 10.6. The lowest BCUT2D eigenvalue weighted by Gasteiger charge is -2.12. The second-order valence-electron chi connectivity index (χ2n) is 4.33. The van der Waals surface area contributed by atoms with Crippen molar-refractivity contribution in [2.24, 2.45) is 0 Å². The molecule has 2 aromatic rings. The fourth-order valence-electron chi connectivity index (χ4n) is 1.92. The third-order valence-corrected chi connectivity index (χ3v) is 2.84. The van der Waals surface area contributed by atoms with Crippen LogP contribution in [0.3, 0.4) is 0 Å². The Balaban J connectivity index is 2.45. The summed E-state index contributed by atoms with van der Waals surface area (Å²) < 4.78 is 5.07. The van der Waals surface area contributed by atoms with Crippen molar-refractivity contribution in [2.75, 3.05) is 7.11 Å². The molecule has 17 heavy (non-hydrogen) atoms. The lowest BCUT2D eigenvalue weighted by Crippen LogP contribution is -1.93. The van der Waals surface area contributed by atoms with E-state index in [0.29, 0.717) is 11.8 Å². The summed E-state index contributed by atoms with van der Waals surface area (Å²) in [7, 11) is 1.63. The summed E-state index contributed by atoms with van der Waals surface area (Å²) in [4.78, 5) is 4.25. The Morgan fingerprint density at radius 3 is 2.41 bits per heavy atom. The summed E-state index contributed by atoms with van der Waals surface area (Å²) in [6.45, 7) is 4.41. The van der Waals surface area contributed by atoms with Crippen LogP contribution in [0.15, 0.2) is 42.6 Å². The van der Waals surface area contributed by atoms with E-state index < -0.39 is 0 Å². The van der Waals surface area contributed by atoms with Crippen LogP contribution in [-0.2, 0) is 0 Å². The number of benzene rings is 1. The molecule has 0 unspecified atom stereocenters. The van der Waals surface area contributed by atoms with E-state index in [-0.39, 0.29) is 0 Å². The smallest absolute Gasteiger partial charge is 0.212 e. The van der Waals surface area contributed by atoms with Crippen molar-refractivity contribution in [2.45, 2.75) is 19.8 Å². The van der Waals surface area contributed by atoms with Crippen molar-refractivity contribution < 1.29 is 4.74 Å². The van der Waals surface area contributed by atoms with Crippen molar-refractivity contribution in [3.8, 4) is 17.0 Å². The maximum Gasteiger partial charge on any atom is 0.212 e. The molecule has 0 bridgehead atoms. The lowest BCUT2D eigenvalue weighted by atomic mass is 9.93. The summed E-state index contributed by atoms with van der Waals surface area (Å²) in [5.74, 6) is 1.16. The maximum atomic E-state index is 5.07. The molecule has 0 N–H and O–H groups in total. The quantitative estimate of drug-likeness (QED) is 0.793. The molecule has 0 saturated carbocycles.